The van der Waals surface area contributed by atoms with Crippen molar-refractivity contribution in [3.05, 3.63) is 4.60 Å². The molecule has 1 fully saturated rings. The van der Waals surface area contributed by atoms with Crippen LogP contribution in [0.3, 0.4) is 0 Å². The average molecular weight is 374 g/mol. The number of aryl methyl sites for hydroxylation is 1. The van der Waals surface area contributed by atoms with Crippen molar-refractivity contribution in [1.29, 1.82) is 0 Å². The Kier molecular flexibility index (Phi) is 3.39. The second kappa shape index (κ2) is 4.35. The minimum Gasteiger partial charge on any atom is -0.235 e. The number of hydrogen-bond acceptors (Lipinski definition) is 4. The van der Waals surface area contributed by atoms with Crippen molar-refractivity contribution < 1.29 is 8.42 Å². The summed E-state index contributed by atoms with van der Waals surface area (Å²) in [4.78, 5) is 0.224. The summed E-state index contributed by atoms with van der Waals surface area (Å²) < 4.78 is 27.5. The summed E-state index contributed by atoms with van der Waals surface area (Å²) in [5, 5.41) is 7.47. The highest BCUT2D eigenvalue weighted by Gasteiger charge is 2.35. The Labute approximate surface area is 110 Å². The highest BCUT2D eigenvalue weighted by Crippen LogP contribution is 2.27. The van der Waals surface area contributed by atoms with Crippen LogP contribution in [0.1, 0.15) is 6.42 Å². The average Bonchev–Trinajstić information content (AvgIpc) is 2.74. The summed E-state index contributed by atoms with van der Waals surface area (Å²) in [5.74, 6) is 0. The zero-order valence-electron chi connectivity index (χ0n) is 8.47. The highest BCUT2D eigenvalue weighted by molar-refractivity contribution is 9.10. The number of halogens is 2. The molecule has 0 aliphatic carbocycles. The van der Waals surface area contributed by atoms with Crippen molar-refractivity contribution in [2.24, 2.45) is 7.05 Å². The van der Waals surface area contributed by atoms with E-state index in [0.717, 1.165) is 6.42 Å². The largest absolute Gasteiger partial charge is 0.263 e. The molecule has 9 heteroatoms. The summed E-state index contributed by atoms with van der Waals surface area (Å²) in [6.45, 7) is 1.01. The number of hydrogen-bond donors (Lipinski definition) is 0. The van der Waals surface area contributed by atoms with Gasteiger partial charge in [-0.2, -0.15) is 4.31 Å². The van der Waals surface area contributed by atoms with Crippen LogP contribution in [0.15, 0.2) is 9.63 Å². The Hall–Kier alpha value is 0.01000. The molecule has 1 aliphatic heterocycles. The van der Waals surface area contributed by atoms with Crippen molar-refractivity contribution in [1.82, 2.24) is 19.3 Å². The van der Waals surface area contributed by atoms with Crippen LogP contribution in [0, 0.1) is 0 Å². The smallest absolute Gasteiger partial charge is 0.235 e. The minimum absolute atomic E-state index is 0.106. The van der Waals surface area contributed by atoms with Gasteiger partial charge in [0.1, 0.15) is 0 Å². The molecule has 16 heavy (non-hydrogen) atoms. The van der Waals surface area contributed by atoms with E-state index in [0.29, 0.717) is 13.1 Å². The maximum absolute atomic E-state index is 12.3. The van der Waals surface area contributed by atoms with Gasteiger partial charge in [0, 0.05) is 25.0 Å². The molecule has 0 spiro atoms. The molecule has 1 saturated heterocycles. The Morgan fingerprint density at radius 2 is 2.19 bits per heavy atom. The van der Waals surface area contributed by atoms with Crippen LogP contribution in [0.25, 0.3) is 0 Å². The molecule has 0 bridgehead atoms. The van der Waals surface area contributed by atoms with Crippen molar-refractivity contribution >= 4 is 41.9 Å². The molecule has 1 atom stereocenters. The molecule has 2 rings (SSSR count). The summed E-state index contributed by atoms with van der Waals surface area (Å²) in [6.07, 6.45) is 0.822. The predicted molar refractivity (Wildman–Crippen MR) is 64.8 cm³/mol. The second-order valence-electron chi connectivity index (χ2n) is 3.56. The van der Waals surface area contributed by atoms with Crippen molar-refractivity contribution in [3.63, 3.8) is 0 Å². The monoisotopic (exact) mass is 372 g/mol. The Morgan fingerprint density at radius 1 is 1.50 bits per heavy atom. The first-order valence-electron chi connectivity index (χ1n) is 4.62. The van der Waals surface area contributed by atoms with E-state index in [2.05, 4.69) is 42.2 Å². The molecule has 1 aliphatic rings. The zero-order valence-corrected chi connectivity index (χ0v) is 12.5. The summed E-state index contributed by atoms with van der Waals surface area (Å²) in [5.41, 5.74) is 0. The first-order valence-corrected chi connectivity index (χ1v) is 7.77. The number of nitrogens with zero attached hydrogens (tertiary/aromatic N) is 4. The third-order valence-corrected chi connectivity index (χ3v) is 5.92. The van der Waals surface area contributed by atoms with E-state index in [9.17, 15) is 8.42 Å². The van der Waals surface area contributed by atoms with E-state index in [4.69, 9.17) is 0 Å². The van der Waals surface area contributed by atoms with Gasteiger partial charge in [-0.25, -0.2) is 13.1 Å². The highest BCUT2D eigenvalue weighted by atomic mass is 79.9. The molecule has 2 heterocycles. The zero-order chi connectivity index (χ0) is 11.9. The standard InChI is InChI=1S/C7H10Br2N4O2S/c1-12-7(6(9)10-11-12)16(14,15)13-3-2-5(8)4-13/h5H,2-4H2,1H3. The Balaban J connectivity index is 2.40. The van der Waals surface area contributed by atoms with Gasteiger partial charge in [-0.05, 0) is 22.4 Å². The van der Waals surface area contributed by atoms with Crippen LogP contribution in [0.2, 0.25) is 0 Å². The first kappa shape index (κ1) is 12.5. The van der Waals surface area contributed by atoms with Gasteiger partial charge >= 0.3 is 0 Å². The minimum atomic E-state index is -3.50. The number of aromatic nitrogens is 3. The van der Waals surface area contributed by atoms with E-state index in [1.165, 1.54) is 8.99 Å². The third-order valence-electron chi connectivity index (χ3n) is 2.41. The lowest BCUT2D eigenvalue weighted by molar-refractivity contribution is 0.467. The maximum atomic E-state index is 12.3. The van der Waals surface area contributed by atoms with Crippen LogP contribution < -0.4 is 0 Å². The van der Waals surface area contributed by atoms with Crippen LogP contribution in [0.4, 0.5) is 0 Å². The van der Waals surface area contributed by atoms with E-state index in [1.807, 2.05) is 0 Å². The third kappa shape index (κ3) is 2.05. The van der Waals surface area contributed by atoms with Gasteiger partial charge in [0.25, 0.3) is 10.0 Å². The van der Waals surface area contributed by atoms with E-state index >= 15 is 0 Å². The maximum Gasteiger partial charge on any atom is 0.263 e. The first-order chi connectivity index (χ1) is 7.43. The van der Waals surface area contributed by atoms with Crippen molar-refractivity contribution in [2.45, 2.75) is 16.3 Å². The Morgan fingerprint density at radius 3 is 2.62 bits per heavy atom. The lowest BCUT2D eigenvalue weighted by atomic mass is 10.4. The van der Waals surface area contributed by atoms with Crippen LogP contribution >= 0.6 is 31.9 Å². The molecule has 1 aromatic rings. The Bertz CT molecular complexity index is 481. The molecule has 0 aromatic carbocycles. The molecule has 0 radical (unpaired) electrons. The SMILES string of the molecule is Cn1nnc(Br)c1S(=O)(=O)N1CCC(Br)C1. The van der Waals surface area contributed by atoms with Gasteiger partial charge < -0.3 is 0 Å². The van der Waals surface area contributed by atoms with Gasteiger partial charge in [0.05, 0.1) is 0 Å². The fraction of sp³-hybridized carbons (Fsp3) is 0.714. The molecule has 1 unspecified atom stereocenters. The van der Waals surface area contributed by atoms with Crippen LogP contribution in [-0.2, 0) is 17.1 Å². The molecule has 0 N–H and O–H groups in total. The molecular formula is C7H10Br2N4O2S. The van der Waals surface area contributed by atoms with Gasteiger partial charge in [0.15, 0.2) is 4.60 Å². The van der Waals surface area contributed by atoms with Crippen molar-refractivity contribution in [3.8, 4) is 0 Å². The molecule has 0 saturated carbocycles. The quantitative estimate of drug-likeness (QED) is 0.717. The summed E-state index contributed by atoms with van der Waals surface area (Å²) >= 11 is 6.52. The van der Waals surface area contributed by atoms with Gasteiger partial charge in [-0.15, -0.1) is 5.10 Å². The van der Waals surface area contributed by atoms with E-state index in [-0.39, 0.29) is 14.5 Å². The second-order valence-corrected chi connectivity index (χ2v) is 7.46. The lowest BCUT2D eigenvalue weighted by Crippen LogP contribution is -2.30. The van der Waals surface area contributed by atoms with E-state index in [1.54, 1.807) is 7.05 Å². The van der Waals surface area contributed by atoms with E-state index < -0.39 is 10.0 Å². The molecule has 0 amide bonds. The molecule has 90 valence electrons. The van der Waals surface area contributed by atoms with Crippen LogP contribution in [-0.4, -0.2) is 45.6 Å². The van der Waals surface area contributed by atoms with Gasteiger partial charge in [-0.1, -0.05) is 21.1 Å². The number of sulfonamides is 1. The predicted octanol–water partition coefficient (Wildman–Crippen LogP) is 0.735. The van der Waals surface area contributed by atoms with Crippen molar-refractivity contribution in [2.75, 3.05) is 13.1 Å². The normalized spacial score (nSPS) is 22.8. The summed E-state index contributed by atoms with van der Waals surface area (Å²) in [6, 6.07) is 0. The van der Waals surface area contributed by atoms with Gasteiger partial charge in [0.2, 0.25) is 5.03 Å². The molecular weight excluding hydrogens is 364 g/mol. The number of rotatable bonds is 2. The lowest BCUT2D eigenvalue weighted by Gasteiger charge is -2.15. The molecule has 6 nitrogen and oxygen atoms in total. The topological polar surface area (TPSA) is 68.1 Å². The fourth-order valence-electron chi connectivity index (χ4n) is 1.62. The van der Waals surface area contributed by atoms with Gasteiger partial charge in [-0.3, -0.25) is 0 Å². The molecule has 1 aromatic heterocycles. The summed E-state index contributed by atoms with van der Waals surface area (Å²) in [7, 11) is -1.93. The number of alkyl halides is 1. The van der Waals surface area contributed by atoms with Crippen LogP contribution in [0.5, 0.6) is 0 Å². The fourth-order valence-corrected chi connectivity index (χ4v) is 4.90.